The summed E-state index contributed by atoms with van der Waals surface area (Å²) in [5, 5.41) is 4.24. The highest BCUT2D eigenvalue weighted by Crippen LogP contribution is 2.31. The van der Waals surface area contributed by atoms with Gasteiger partial charge in [0.05, 0.1) is 12.6 Å². The smallest absolute Gasteiger partial charge is 0.119 e. The Bertz CT molecular complexity index is 586. The Morgan fingerprint density at radius 1 is 1.14 bits per heavy atom. The molecule has 0 aliphatic heterocycles. The van der Waals surface area contributed by atoms with E-state index in [1.165, 1.54) is 5.56 Å². The maximum atomic E-state index is 6.40. The summed E-state index contributed by atoms with van der Waals surface area (Å²) in [7, 11) is 0. The van der Waals surface area contributed by atoms with Crippen molar-refractivity contribution in [3.8, 4) is 5.75 Å². The number of hydrogen-bond donors (Lipinski definition) is 1. The van der Waals surface area contributed by atoms with Gasteiger partial charge in [0.2, 0.25) is 0 Å². The molecule has 0 spiro atoms. The predicted molar refractivity (Wildman–Crippen MR) is 92.3 cm³/mol. The molecule has 112 valence electrons. The number of benzene rings is 2. The van der Waals surface area contributed by atoms with Gasteiger partial charge in [-0.3, -0.25) is 0 Å². The molecule has 0 aliphatic rings. The quantitative estimate of drug-likeness (QED) is 0.756. The Morgan fingerprint density at radius 3 is 2.43 bits per heavy atom. The molecule has 1 N–H and O–H groups in total. The minimum absolute atomic E-state index is 0.0753. The Morgan fingerprint density at radius 2 is 1.86 bits per heavy atom. The van der Waals surface area contributed by atoms with Gasteiger partial charge in [0.25, 0.3) is 0 Å². The van der Waals surface area contributed by atoms with Gasteiger partial charge >= 0.3 is 0 Å². The van der Waals surface area contributed by atoms with Crippen LogP contribution in [-0.2, 0) is 0 Å². The highest BCUT2D eigenvalue weighted by atomic mass is 79.9. The van der Waals surface area contributed by atoms with Crippen LogP contribution in [0.2, 0.25) is 5.02 Å². The fourth-order valence-corrected chi connectivity index (χ4v) is 3.05. The first-order valence-electron chi connectivity index (χ1n) is 7.06. The van der Waals surface area contributed by atoms with Crippen molar-refractivity contribution in [2.45, 2.75) is 19.9 Å². The van der Waals surface area contributed by atoms with E-state index in [1.54, 1.807) is 0 Å². The van der Waals surface area contributed by atoms with Crippen molar-refractivity contribution in [2.75, 3.05) is 13.2 Å². The molecule has 0 radical (unpaired) electrons. The van der Waals surface area contributed by atoms with Gasteiger partial charge in [0, 0.05) is 9.50 Å². The van der Waals surface area contributed by atoms with Crippen molar-refractivity contribution in [3.05, 3.63) is 63.1 Å². The summed E-state index contributed by atoms with van der Waals surface area (Å²) in [5.74, 6) is 0.887. The van der Waals surface area contributed by atoms with E-state index in [2.05, 4.69) is 46.4 Å². The highest BCUT2D eigenvalue weighted by molar-refractivity contribution is 9.10. The number of halogens is 2. The first kappa shape index (κ1) is 16.3. The lowest BCUT2D eigenvalue weighted by Crippen LogP contribution is -2.22. The van der Waals surface area contributed by atoms with Gasteiger partial charge < -0.3 is 10.1 Å². The van der Waals surface area contributed by atoms with E-state index < -0.39 is 0 Å². The van der Waals surface area contributed by atoms with Crippen molar-refractivity contribution in [1.29, 1.82) is 0 Å². The average molecular weight is 369 g/mol. The van der Waals surface area contributed by atoms with Crippen molar-refractivity contribution < 1.29 is 4.74 Å². The second-order valence-corrected chi connectivity index (χ2v) is 5.98. The van der Waals surface area contributed by atoms with Gasteiger partial charge in [0.1, 0.15) is 5.75 Å². The van der Waals surface area contributed by atoms with Gasteiger partial charge in [-0.1, -0.05) is 52.7 Å². The summed E-state index contributed by atoms with van der Waals surface area (Å²) in [6, 6.07) is 14.2. The molecular formula is C17H19BrClNO. The molecule has 4 heteroatoms. The highest BCUT2D eigenvalue weighted by Gasteiger charge is 2.16. The average Bonchev–Trinajstić information content (AvgIpc) is 2.47. The summed E-state index contributed by atoms with van der Waals surface area (Å²) in [4.78, 5) is 0. The van der Waals surface area contributed by atoms with E-state index in [-0.39, 0.29) is 6.04 Å². The van der Waals surface area contributed by atoms with Gasteiger partial charge in [-0.25, -0.2) is 0 Å². The Labute approximate surface area is 139 Å². The summed E-state index contributed by atoms with van der Waals surface area (Å²) in [6.07, 6.45) is 0. The minimum Gasteiger partial charge on any atom is -0.494 e. The van der Waals surface area contributed by atoms with Crippen LogP contribution in [0.1, 0.15) is 31.0 Å². The van der Waals surface area contributed by atoms with E-state index >= 15 is 0 Å². The van der Waals surface area contributed by atoms with Crippen LogP contribution >= 0.6 is 27.5 Å². The van der Waals surface area contributed by atoms with Crippen LogP contribution in [-0.4, -0.2) is 13.2 Å². The van der Waals surface area contributed by atoms with E-state index in [1.807, 2.05) is 31.2 Å². The molecule has 0 bridgehead atoms. The number of nitrogens with one attached hydrogen (secondary N) is 1. The third-order valence-electron chi connectivity index (χ3n) is 3.21. The summed E-state index contributed by atoms with van der Waals surface area (Å²) in [5.41, 5.74) is 2.25. The Balaban J connectivity index is 2.33. The van der Waals surface area contributed by atoms with Crippen LogP contribution in [0.5, 0.6) is 5.75 Å². The van der Waals surface area contributed by atoms with Gasteiger partial charge in [-0.05, 0) is 48.9 Å². The summed E-state index contributed by atoms with van der Waals surface area (Å²) in [6.45, 7) is 5.62. The van der Waals surface area contributed by atoms with Gasteiger partial charge in [-0.15, -0.1) is 0 Å². The largest absolute Gasteiger partial charge is 0.494 e. The van der Waals surface area contributed by atoms with E-state index in [0.29, 0.717) is 6.61 Å². The second kappa shape index (κ2) is 7.83. The molecular weight excluding hydrogens is 350 g/mol. The zero-order valence-corrected chi connectivity index (χ0v) is 14.5. The van der Waals surface area contributed by atoms with E-state index in [9.17, 15) is 0 Å². The van der Waals surface area contributed by atoms with E-state index in [0.717, 1.165) is 27.4 Å². The van der Waals surface area contributed by atoms with Crippen LogP contribution in [0.15, 0.2) is 46.9 Å². The molecule has 2 nitrogen and oxygen atoms in total. The van der Waals surface area contributed by atoms with Crippen LogP contribution in [0, 0.1) is 0 Å². The second-order valence-electron chi connectivity index (χ2n) is 4.66. The van der Waals surface area contributed by atoms with Crippen molar-refractivity contribution in [2.24, 2.45) is 0 Å². The zero-order chi connectivity index (χ0) is 15.2. The molecule has 1 atom stereocenters. The van der Waals surface area contributed by atoms with Crippen LogP contribution in [0.3, 0.4) is 0 Å². The molecule has 2 aromatic carbocycles. The Kier molecular flexibility index (Phi) is 6.09. The lowest BCUT2D eigenvalue weighted by atomic mass is 9.98. The maximum Gasteiger partial charge on any atom is 0.119 e. The fraction of sp³-hybridized carbons (Fsp3) is 0.294. The topological polar surface area (TPSA) is 21.3 Å². The fourth-order valence-electron chi connectivity index (χ4n) is 2.27. The normalized spacial score (nSPS) is 12.2. The molecule has 0 heterocycles. The van der Waals surface area contributed by atoms with Gasteiger partial charge in [-0.2, -0.15) is 0 Å². The minimum atomic E-state index is 0.0753. The molecule has 0 aromatic heterocycles. The molecule has 0 saturated carbocycles. The lowest BCUT2D eigenvalue weighted by molar-refractivity contribution is 0.340. The van der Waals surface area contributed by atoms with Crippen LogP contribution in [0.25, 0.3) is 0 Å². The molecule has 2 rings (SSSR count). The van der Waals surface area contributed by atoms with Crippen LogP contribution in [0.4, 0.5) is 0 Å². The SMILES string of the molecule is CCNC(c1ccc(OCC)cc1)c1ccc(Br)cc1Cl. The Hall–Kier alpha value is -1.03. The lowest BCUT2D eigenvalue weighted by Gasteiger charge is -2.20. The standard InChI is InChI=1S/C17H19BrClNO/c1-3-20-17(15-10-7-13(18)11-16(15)19)12-5-8-14(9-6-12)21-4-2/h5-11,17,20H,3-4H2,1-2H3. The maximum absolute atomic E-state index is 6.40. The molecule has 21 heavy (non-hydrogen) atoms. The molecule has 0 amide bonds. The molecule has 0 saturated heterocycles. The van der Waals surface area contributed by atoms with Gasteiger partial charge in [0.15, 0.2) is 0 Å². The third kappa shape index (κ3) is 4.22. The van der Waals surface area contributed by atoms with Crippen LogP contribution < -0.4 is 10.1 Å². The molecule has 0 fully saturated rings. The predicted octanol–water partition coefficient (Wildman–Crippen LogP) is 5.20. The monoisotopic (exact) mass is 367 g/mol. The first-order valence-corrected chi connectivity index (χ1v) is 8.23. The van der Waals surface area contributed by atoms with Crippen molar-refractivity contribution in [3.63, 3.8) is 0 Å². The molecule has 1 unspecified atom stereocenters. The third-order valence-corrected chi connectivity index (χ3v) is 4.03. The number of hydrogen-bond acceptors (Lipinski definition) is 2. The number of ether oxygens (including phenoxy) is 1. The summed E-state index contributed by atoms with van der Waals surface area (Å²) >= 11 is 9.84. The van der Waals surface area contributed by atoms with Crippen molar-refractivity contribution >= 4 is 27.5 Å². The molecule has 0 aliphatic carbocycles. The van der Waals surface area contributed by atoms with E-state index in [4.69, 9.17) is 16.3 Å². The summed E-state index contributed by atoms with van der Waals surface area (Å²) < 4.78 is 6.48. The molecule has 2 aromatic rings. The van der Waals surface area contributed by atoms with Crippen molar-refractivity contribution in [1.82, 2.24) is 5.32 Å². The first-order chi connectivity index (χ1) is 10.2. The zero-order valence-electron chi connectivity index (χ0n) is 12.2. The number of rotatable bonds is 6.